The molecule has 0 N–H and O–H groups in total. The number of fused-ring (bicyclic) bond motifs is 1. The molecule has 1 aliphatic rings. The van der Waals surface area contributed by atoms with Gasteiger partial charge in [-0.15, -0.1) is 0 Å². The first-order valence-electron chi connectivity index (χ1n) is 5.34. The Morgan fingerprint density at radius 2 is 2.31 bits per heavy atom. The molecular formula is C12H13ClN2O. The van der Waals surface area contributed by atoms with Gasteiger partial charge in [0, 0.05) is 0 Å². The van der Waals surface area contributed by atoms with E-state index in [4.69, 9.17) is 21.9 Å². The number of hydrogen-bond acceptors (Lipinski definition) is 1. The Kier molecular flexibility index (Phi) is 3.39. The van der Waals surface area contributed by atoms with Crippen molar-refractivity contribution < 1.29 is 9.53 Å². The second-order valence-corrected chi connectivity index (χ2v) is 4.29. The van der Waals surface area contributed by atoms with Crippen LogP contribution in [0.15, 0.2) is 24.3 Å². The van der Waals surface area contributed by atoms with Gasteiger partial charge in [-0.05, 0) is 17.5 Å². The van der Waals surface area contributed by atoms with E-state index in [9.17, 15) is 0 Å². The summed E-state index contributed by atoms with van der Waals surface area (Å²) in [6.07, 6.45) is 1.05. The quantitative estimate of drug-likeness (QED) is 0.452. The highest BCUT2D eigenvalue weighted by molar-refractivity contribution is 6.19. The lowest BCUT2D eigenvalue weighted by Crippen LogP contribution is -2.16. The Hall–Kier alpha value is -1.15. The first kappa shape index (κ1) is 11.3. The van der Waals surface area contributed by atoms with E-state index in [0.29, 0.717) is 12.1 Å². The van der Waals surface area contributed by atoms with Gasteiger partial charge in [0.15, 0.2) is 6.10 Å². The lowest BCUT2D eigenvalue weighted by Gasteiger charge is -2.13. The predicted octanol–water partition coefficient (Wildman–Crippen LogP) is 2.95. The fourth-order valence-electron chi connectivity index (χ4n) is 1.90. The summed E-state index contributed by atoms with van der Waals surface area (Å²) >= 11 is 5.98. The molecular weight excluding hydrogens is 224 g/mol. The first-order valence-corrected chi connectivity index (χ1v) is 5.78. The number of benzene rings is 1. The zero-order valence-corrected chi connectivity index (χ0v) is 9.81. The lowest BCUT2D eigenvalue weighted by atomic mass is 10.1. The molecule has 1 aliphatic carbocycles. The van der Waals surface area contributed by atoms with Crippen LogP contribution in [0.4, 0.5) is 0 Å². The van der Waals surface area contributed by atoms with Crippen molar-refractivity contribution in [2.45, 2.75) is 31.4 Å². The van der Waals surface area contributed by atoms with E-state index in [1.807, 2.05) is 31.2 Å². The Labute approximate surface area is 99.6 Å². The van der Waals surface area contributed by atoms with E-state index in [0.717, 1.165) is 17.5 Å². The van der Waals surface area contributed by atoms with Gasteiger partial charge >= 0.3 is 5.71 Å². The maximum Gasteiger partial charge on any atom is 0.306 e. The average Bonchev–Trinajstić information content (AvgIpc) is 2.67. The fourth-order valence-corrected chi connectivity index (χ4v) is 2.00. The highest BCUT2D eigenvalue weighted by Gasteiger charge is 2.36. The van der Waals surface area contributed by atoms with Gasteiger partial charge in [0.2, 0.25) is 0 Å². The molecule has 0 saturated carbocycles. The van der Waals surface area contributed by atoms with Gasteiger partial charge in [0.05, 0.1) is 6.42 Å². The smallest absolute Gasteiger partial charge is 0.306 e. The van der Waals surface area contributed by atoms with Crippen molar-refractivity contribution >= 4 is 17.3 Å². The summed E-state index contributed by atoms with van der Waals surface area (Å²) in [5.74, 6) is 0. The van der Waals surface area contributed by atoms with E-state index >= 15 is 0 Å². The topological polar surface area (TPSA) is 45.6 Å². The highest BCUT2D eigenvalue weighted by atomic mass is 35.5. The van der Waals surface area contributed by atoms with E-state index < -0.39 is 0 Å². The predicted molar refractivity (Wildman–Crippen MR) is 62.5 cm³/mol. The van der Waals surface area contributed by atoms with Crippen molar-refractivity contribution in [3.05, 3.63) is 40.9 Å². The van der Waals surface area contributed by atoms with Crippen LogP contribution in [0.25, 0.3) is 5.53 Å². The Balaban J connectivity index is 2.31. The first-order chi connectivity index (χ1) is 7.76. The summed E-state index contributed by atoms with van der Waals surface area (Å²) < 4.78 is 5.67. The molecule has 0 heterocycles. The van der Waals surface area contributed by atoms with Crippen molar-refractivity contribution in [3.63, 3.8) is 0 Å². The average molecular weight is 237 g/mol. The van der Waals surface area contributed by atoms with Crippen LogP contribution in [-0.4, -0.2) is 16.1 Å². The zero-order valence-electron chi connectivity index (χ0n) is 9.06. The molecule has 0 spiro atoms. The third-order valence-electron chi connectivity index (χ3n) is 2.74. The summed E-state index contributed by atoms with van der Waals surface area (Å²) in [5, 5.41) is 0. The molecule has 1 aromatic carbocycles. The van der Waals surface area contributed by atoms with Gasteiger partial charge in [-0.3, -0.25) is 0 Å². The summed E-state index contributed by atoms with van der Waals surface area (Å²) in [4.78, 5) is 3.30. The number of nitrogens with zero attached hydrogens (tertiary/aromatic N) is 2. The normalized spacial score (nSPS) is 20.4. The molecule has 84 valence electrons. The Morgan fingerprint density at radius 3 is 3.00 bits per heavy atom. The number of alkyl halides is 1. The second-order valence-electron chi connectivity index (χ2n) is 3.80. The molecule has 0 aliphatic heterocycles. The minimum atomic E-state index is -0.354. The summed E-state index contributed by atoms with van der Waals surface area (Å²) in [6, 6.07) is 7.91. The molecule has 16 heavy (non-hydrogen) atoms. The van der Waals surface area contributed by atoms with Gasteiger partial charge in [0.1, 0.15) is 5.56 Å². The Bertz CT molecular complexity index is 440. The third kappa shape index (κ3) is 2.03. The van der Waals surface area contributed by atoms with Gasteiger partial charge < -0.3 is 10.3 Å². The Morgan fingerprint density at radius 1 is 1.56 bits per heavy atom. The molecule has 2 rings (SSSR count). The van der Waals surface area contributed by atoms with Crippen LogP contribution >= 0.6 is 11.6 Å². The maximum absolute atomic E-state index is 8.96. The number of ether oxygens (including phenoxy) is 1. The van der Waals surface area contributed by atoms with Crippen LogP contribution in [0.3, 0.4) is 0 Å². The number of rotatable bonds is 3. The molecule has 0 saturated heterocycles. The molecule has 0 radical (unpaired) electrons. The molecule has 0 aromatic heterocycles. The van der Waals surface area contributed by atoms with Crippen LogP contribution in [0, 0.1) is 0 Å². The van der Waals surface area contributed by atoms with Crippen molar-refractivity contribution in [2.24, 2.45) is 0 Å². The van der Waals surface area contributed by atoms with Gasteiger partial charge in [-0.2, -0.15) is 4.79 Å². The monoisotopic (exact) mass is 236 g/mol. The van der Waals surface area contributed by atoms with E-state index in [2.05, 4.69) is 4.79 Å². The minimum absolute atomic E-state index is 0.302. The van der Waals surface area contributed by atoms with Crippen molar-refractivity contribution in [1.82, 2.24) is 0 Å². The molecule has 2 atom stereocenters. The fraction of sp³-hybridized carbons (Fsp3) is 0.417. The van der Waals surface area contributed by atoms with Crippen LogP contribution in [0.1, 0.15) is 30.6 Å². The van der Waals surface area contributed by atoms with E-state index in [-0.39, 0.29) is 11.7 Å². The standard InChI is InChI=1S/C12H13ClN2O/c1-2-11(13)16-12-9-6-4-3-5-8(9)7-10(12)15-14/h3-6,11-12H,2,7H2,1H3. The van der Waals surface area contributed by atoms with Gasteiger partial charge in [0.25, 0.3) is 0 Å². The number of hydrogen-bond donors (Lipinski definition) is 0. The molecule has 3 nitrogen and oxygen atoms in total. The molecule has 0 bridgehead atoms. The molecule has 1 aromatic rings. The van der Waals surface area contributed by atoms with Crippen LogP contribution in [0.5, 0.6) is 0 Å². The van der Waals surface area contributed by atoms with Crippen molar-refractivity contribution in [2.75, 3.05) is 0 Å². The molecule has 4 heteroatoms. The van der Waals surface area contributed by atoms with Crippen molar-refractivity contribution in [3.8, 4) is 0 Å². The third-order valence-corrected chi connectivity index (χ3v) is 3.16. The molecule has 0 amide bonds. The summed E-state index contributed by atoms with van der Waals surface area (Å²) in [7, 11) is 0. The van der Waals surface area contributed by atoms with Crippen LogP contribution in [-0.2, 0) is 11.2 Å². The SMILES string of the molecule is CCC(Cl)OC1C(=[N+]=[N-])Cc2ccccc21. The highest BCUT2D eigenvalue weighted by Crippen LogP contribution is 2.32. The zero-order chi connectivity index (χ0) is 11.5. The molecule has 2 unspecified atom stereocenters. The van der Waals surface area contributed by atoms with Gasteiger partial charge in [-0.1, -0.05) is 42.8 Å². The summed E-state index contributed by atoms with van der Waals surface area (Å²) in [5.41, 5.74) is 11.4. The second kappa shape index (κ2) is 4.79. The summed E-state index contributed by atoms with van der Waals surface area (Å²) in [6.45, 7) is 1.95. The van der Waals surface area contributed by atoms with E-state index in [1.54, 1.807) is 0 Å². The largest absolute Gasteiger partial charge is 0.361 e. The maximum atomic E-state index is 8.96. The number of halogens is 1. The van der Waals surface area contributed by atoms with Crippen LogP contribution in [0.2, 0.25) is 0 Å². The minimum Gasteiger partial charge on any atom is -0.361 e. The van der Waals surface area contributed by atoms with Crippen molar-refractivity contribution in [1.29, 1.82) is 0 Å². The van der Waals surface area contributed by atoms with E-state index in [1.165, 1.54) is 0 Å². The molecule has 0 fully saturated rings. The van der Waals surface area contributed by atoms with Crippen LogP contribution < -0.4 is 0 Å². The van der Waals surface area contributed by atoms with Gasteiger partial charge in [-0.25, -0.2) is 0 Å². The lowest BCUT2D eigenvalue weighted by molar-refractivity contribution is -0.0352.